The van der Waals surface area contributed by atoms with E-state index in [1.54, 1.807) is 30.3 Å². The van der Waals surface area contributed by atoms with Gasteiger partial charge in [-0.25, -0.2) is 4.39 Å². The number of hydrogen-bond donors (Lipinski definition) is 2. The molecule has 2 aromatic carbocycles. The zero-order valence-electron chi connectivity index (χ0n) is 13.4. The summed E-state index contributed by atoms with van der Waals surface area (Å²) in [7, 11) is 0. The molecule has 132 valence electrons. The summed E-state index contributed by atoms with van der Waals surface area (Å²) in [5.41, 5.74) is 0.573. The Labute approximate surface area is 144 Å². The van der Waals surface area contributed by atoms with Gasteiger partial charge >= 0.3 is 0 Å². The molecule has 0 unspecified atom stereocenters. The summed E-state index contributed by atoms with van der Waals surface area (Å²) >= 11 is 0. The lowest BCUT2D eigenvalue weighted by Gasteiger charge is -2.13. The van der Waals surface area contributed by atoms with E-state index in [0.717, 1.165) is 0 Å². The van der Waals surface area contributed by atoms with Crippen molar-refractivity contribution in [3.8, 4) is 17.2 Å². The van der Waals surface area contributed by atoms with Crippen LogP contribution < -0.4 is 19.5 Å². The number of halogens is 1. The molecule has 0 bridgehead atoms. The van der Waals surface area contributed by atoms with Gasteiger partial charge in [-0.2, -0.15) is 0 Å². The maximum Gasteiger partial charge on any atom is 0.231 e. The average Bonchev–Trinajstić information content (AvgIpc) is 3.06. The van der Waals surface area contributed by atoms with Crippen LogP contribution in [-0.4, -0.2) is 37.1 Å². The van der Waals surface area contributed by atoms with E-state index >= 15 is 0 Å². The Balaban J connectivity index is 1.40. The Morgan fingerprint density at radius 2 is 2.08 bits per heavy atom. The molecule has 7 heteroatoms. The Morgan fingerprint density at radius 3 is 2.92 bits per heavy atom. The van der Waals surface area contributed by atoms with Crippen LogP contribution in [0.5, 0.6) is 17.2 Å². The number of benzene rings is 2. The van der Waals surface area contributed by atoms with E-state index in [0.29, 0.717) is 22.8 Å². The minimum atomic E-state index is -0.873. The first-order valence-electron chi connectivity index (χ1n) is 7.82. The first-order chi connectivity index (χ1) is 12.1. The molecule has 0 spiro atoms. The van der Waals surface area contributed by atoms with Crippen LogP contribution in [0.1, 0.15) is 5.56 Å². The summed E-state index contributed by atoms with van der Waals surface area (Å²) in [6.45, 7) is 0.233. The van der Waals surface area contributed by atoms with E-state index in [9.17, 15) is 14.3 Å². The van der Waals surface area contributed by atoms with Crippen LogP contribution in [0.25, 0.3) is 0 Å². The molecule has 1 amide bonds. The van der Waals surface area contributed by atoms with Crippen molar-refractivity contribution in [2.45, 2.75) is 12.5 Å². The van der Waals surface area contributed by atoms with Crippen LogP contribution >= 0.6 is 0 Å². The smallest absolute Gasteiger partial charge is 0.231 e. The molecule has 0 radical (unpaired) electrons. The third-order valence-electron chi connectivity index (χ3n) is 3.57. The molecule has 0 saturated heterocycles. The summed E-state index contributed by atoms with van der Waals surface area (Å²) in [5.74, 6) is 1.09. The fourth-order valence-corrected chi connectivity index (χ4v) is 2.34. The summed E-state index contributed by atoms with van der Waals surface area (Å²) < 4.78 is 29.0. The third kappa shape index (κ3) is 4.84. The number of hydrogen-bond acceptors (Lipinski definition) is 5. The van der Waals surface area contributed by atoms with Crippen LogP contribution in [-0.2, 0) is 11.2 Å². The molecule has 2 N–H and O–H groups in total. The van der Waals surface area contributed by atoms with Crippen molar-refractivity contribution in [2.75, 3.05) is 19.9 Å². The van der Waals surface area contributed by atoms with Crippen LogP contribution in [0.4, 0.5) is 4.39 Å². The summed E-state index contributed by atoms with van der Waals surface area (Å²) in [6, 6.07) is 11.0. The predicted octanol–water partition coefficient (Wildman–Crippen LogP) is 1.65. The highest BCUT2D eigenvalue weighted by Gasteiger charge is 2.14. The monoisotopic (exact) mass is 347 g/mol. The number of carbonyl (C=O) groups excluding carboxylic acids is 1. The number of carbonyl (C=O) groups is 1. The van der Waals surface area contributed by atoms with Gasteiger partial charge in [0.2, 0.25) is 12.7 Å². The Hall–Kier alpha value is -2.80. The van der Waals surface area contributed by atoms with Crippen molar-refractivity contribution in [1.82, 2.24) is 5.32 Å². The second kappa shape index (κ2) is 7.85. The lowest BCUT2D eigenvalue weighted by atomic mass is 10.1. The predicted molar refractivity (Wildman–Crippen MR) is 87.2 cm³/mol. The topological polar surface area (TPSA) is 77.0 Å². The molecule has 3 rings (SSSR count). The molecule has 6 nitrogen and oxygen atoms in total. The fraction of sp³-hybridized carbons (Fsp3) is 0.278. The SMILES string of the molecule is O=C(Cc1cccc(F)c1)NC[C@@H](O)COc1ccc2c(c1)OCO2. The van der Waals surface area contributed by atoms with Crippen molar-refractivity contribution in [2.24, 2.45) is 0 Å². The summed E-state index contributed by atoms with van der Waals surface area (Å²) in [5, 5.41) is 12.5. The zero-order valence-corrected chi connectivity index (χ0v) is 13.4. The Morgan fingerprint density at radius 1 is 1.24 bits per heavy atom. The first kappa shape index (κ1) is 17.0. The minimum absolute atomic E-state index is 0.0138. The Kier molecular flexibility index (Phi) is 5.35. The van der Waals surface area contributed by atoms with Crippen LogP contribution in [0.15, 0.2) is 42.5 Å². The maximum absolute atomic E-state index is 13.1. The Bertz CT molecular complexity index is 752. The first-order valence-corrected chi connectivity index (χ1v) is 7.82. The molecule has 0 saturated carbocycles. The van der Waals surface area contributed by atoms with E-state index in [-0.39, 0.29) is 38.1 Å². The van der Waals surface area contributed by atoms with Crippen molar-refractivity contribution in [3.63, 3.8) is 0 Å². The molecule has 2 aromatic rings. The number of fused-ring (bicyclic) bond motifs is 1. The van der Waals surface area contributed by atoms with Gasteiger partial charge in [0, 0.05) is 12.6 Å². The highest BCUT2D eigenvalue weighted by atomic mass is 19.1. The van der Waals surface area contributed by atoms with Crippen molar-refractivity contribution in [3.05, 3.63) is 53.8 Å². The maximum atomic E-state index is 13.1. The molecule has 0 fully saturated rings. The fourth-order valence-electron chi connectivity index (χ4n) is 2.34. The van der Waals surface area contributed by atoms with Crippen molar-refractivity contribution in [1.29, 1.82) is 0 Å². The number of aliphatic hydroxyl groups is 1. The third-order valence-corrected chi connectivity index (χ3v) is 3.57. The van der Waals surface area contributed by atoms with Gasteiger partial charge in [0.25, 0.3) is 0 Å². The summed E-state index contributed by atoms with van der Waals surface area (Å²) in [6.07, 6.45) is -0.824. The molecular weight excluding hydrogens is 329 g/mol. The lowest BCUT2D eigenvalue weighted by molar-refractivity contribution is -0.121. The number of ether oxygens (including phenoxy) is 3. The number of nitrogens with one attached hydrogen (secondary N) is 1. The van der Waals surface area contributed by atoms with Gasteiger partial charge in [-0.05, 0) is 29.8 Å². The van der Waals surface area contributed by atoms with Crippen LogP contribution in [0, 0.1) is 5.82 Å². The molecule has 1 aliphatic rings. The van der Waals surface area contributed by atoms with E-state index in [2.05, 4.69) is 5.32 Å². The van der Waals surface area contributed by atoms with E-state index < -0.39 is 6.10 Å². The molecule has 0 aliphatic carbocycles. The van der Waals surface area contributed by atoms with E-state index in [4.69, 9.17) is 14.2 Å². The van der Waals surface area contributed by atoms with Gasteiger partial charge in [-0.1, -0.05) is 12.1 Å². The van der Waals surface area contributed by atoms with Crippen molar-refractivity contribution < 1.29 is 28.5 Å². The van der Waals surface area contributed by atoms with E-state index in [1.807, 2.05) is 0 Å². The zero-order chi connectivity index (χ0) is 17.6. The van der Waals surface area contributed by atoms with Gasteiger partial charge in [-0.3, -0.25) is 4.79 Å². The van der Waals surface area contributed by atoms with Crippen molar-refractivity contribution >= 4 is 5.91 Å². The molecule has 1 atom stereocenters. The standard InChI is InChI=1S/C18H18FNO5/c19-13-3-1-2-12(6-13)7-18(22)20-9-14(21)10-23-15-4-5-16-17(8-15)25-11-24-16/h1-6,8,14,21H,7,9-11H2,(H,20,22)/t14-/m1/s1. The second-order valence-corrected chi connectivity index (χ2v) is 5.59. The van der Waals surface area contributed by atoms with E-state index in [1.165, 1.54) is 12.1 Å². The van der Waals surface area contributed by atoms with Gasteiger partial charge in [0.15, 0.2) is 11.5 Å². The molecule has 1 aliphatic heterocycles. The highest BCUT2D eigenvalue weighted by Crippen LogP contribution is 2.35. The van der Waals surface area contributed by atoms with Crippen LogP contribution in [0.3, 0.4) is 0 Å². The number of amides is 1. The highest BCUT2D eigenvalue weighted by molar-refractivity contribution is 5.78. The number of rotatable bonds is 7. The average molecular weight is 347 g/mol. The molecular formula is C18H18FNO5. The quantitative estimate of drug-likeness (QED) is 0.796. The van der Waals surface area contributed by atoms with Gasteiger partial charge in [-0.15, -0.1) is 0 Å². The summed E-state index contributed by atoms with van der Waals surface area (Å²) in [4.78, 5) is 11.8. The largest absolute Gasteiger partial charge is 0.491 e. The minimum Gasteiger partial charge on any atom is -0.491 e. The van der Waals surface area contributed by atoms with Crippen LogP contribution in [0.2, 0.25) is 0 Å². The lowest BCUT2D eigenvalue weighted by Crippen LogP contribution is -2.36. The molecule has 25 heavy (non-hydrogen) atoms. The molecule has 0 aromatic heterocycles. The normalized spacial score (nSPS) is 13.4. The van der Waals surface area contributed by atoms with Gasteiger partial charge < -0.3 is 24.6 Å². The van der Waals surface area contributed by atoms with Gasteiger partial charge in [0.05, 0.1) is 6.42 Å². The number of aliphatic hydroxyl groups excluding tert-OH is 1. The van der Waals surface area contributed by atoms with Gasteiger partial charge in [0.1, 0.15) is 24.3 Å². The second-order valence-electron chi connectivity index (χ2n) is 5.59. The molecule has 1 heterocycles.